The quantitative estimate of drug-likeness (QED) is 0.0572. The second-order valence-electron chi connectivity index (χ2n) is 13.7. The third kappa shape index (κ3) is 18.7. The molecule has 370 valence electrons. The number of nitro groups is 3. The predicted octanol–water partition coefficient (Wildman–Crippen LogP) is 13.1. The first-order valence-electron chi connectivity index (χ1n) is 18.5. The average Bonchev–Trinajstić information content (AvgIpc) is 4.03. The van der Waals surface area contributed by atoms with E-state index >= 15 is 0 Å². The maximum absolute atomic E-state index is 12.7. The van der Waals surface area contributed by atoms with Crippen molar-refractivity contribution in [1.29, 1.82) is 0 Å². The predicted molar refractivity (Wildman–Crippen MR) is 236 cm³/mol. The van der Waals surface area contributed by atoms with E-state index in [0.29, 0.717) is 23.5 Å². The Kier molecular flexibility index (Phi) is 20.1. The minimum Gasteiger partial charge on any atom is -0.399 e. The van der Waals surface area contributed by atoms with Crippen LogP contribution in [0.4, 0.5) is 75.4 Å². The number of imidazole rings is 2. The number of nitro benzene ring substituents is 3. The molecule has 0 spiro atoms. The molecular formula is C41H34F12IN9O6. The van der Waals surface area contributed by atoms with Crippen LogP contribution in [0.2, 0.25) is 0 Å². The molecule has 0 bridgehead atoms. The number of hydrogen-bond donors (Lipinski definition) is 1. The van der Waals surface area contributed by atoms with E-state index in [9.17, 15) is 83.0 Å². The number of halogens is 13. The number of non-ortho nitro benzene ring substituents is 3. The summed E-state index contributed by atoms with van der Waals surface area (Å²) in [4.78, 5) is 39.9. The summed E-state index contributed by atoms with van der Waals surface area (Å²) in [6, 6.07) is 13.1. The molecule has 0 radical (unpaired) electrons. The van der Waals surface area contributed by atoms with Gasteiger partial charge in [0, 0.05) is 66.4 Å². The summed E-state index contributed by atoms with van der Waals surface area (Å²) < 4.78 is 151. The number of alkyl halides is 12. The molecule has 0 saturated heterocycles. The lowest BCUT2D eigenvalue weighted by Gasteiger charge is -2.10. The number of rotatable bonds is 5. The fourth-order valence-corrected chi connectivity index (χ4v) is 5.15. The Hall–Kier alpha value is -7.40. The molecule has 28 heteroatoms. The molecule has 0 amide bonds. The van der Waals surface area contributed by atoms with Crippen LogP contribution in [0.3, 0.4) is 0 Å². The first kappa shape index (κ1) is 57.7. The zero-order chi connectivity index (χ0) is 51.4. The first-order valence-corrected chi connectivity index (χ1v) is 18.5. The lowest BCUT2D eigenvalue weighted by molar-refractivity contribution is -0.394. The Morgan fingerprint density at radius 3 is 1.22 bits per heavy atom. The summed E-state index contributed by atoms with van der Waals surface area (Å²) >= 11 is 0. The van der Waals surface area contributed by atoms with E-state index < -0.39 is 78.8 Å². The van der Waals surface area contributed by atoms with Gasteiger partial charge in [0.05, 0.1) is 72.8 Å². The second kappa shape index (κ2) is 24.1. The Balaban J connectivity index is 0.000000306. The number of nitrogen functional groups attached to an aromatic ring is 1. The van der Waals surface area contributed by atoms with Gasteiger partial charge in [0.1, 0.15) is 0 Å². The Morgan fingerprint density at radius 1 is 0.536 bits per heavy atom. The highest BCUT2D eigenvalue weighted by atomic mass is 127. The van der Waals surface area contributed by atoms with Gasteiger partial charge in [0.15, 0.2) is 0 Å². The lowest BCUT2D eigenvalue weighted by Crippen LogP contribution is -2.07. The molecule has 4 aromatic carbocycles. The first-order chi connectivity index (χ1) is 31.3. The van der Waals surface area contributed by atoms with Gasteiger partial charge in [-0.25, -0.2) is 9.97 Å². The highest BCUT2D eigenvalue weighted by Crippen LogP contribution is 2.36. The average molecular weight is 1100 g/mol. The SMILES string of the molecule is CC1=CCC=N1.Cc1cn(-c2cc(N)cc(C(F)(F)F)c2)cn1.Cc1cn(-c2cc([N+](=O)[O-])cc(C(F)(F)F)c2)cn1.FC(F)(F)c1ccccc1.I.O=[N+]([O-])c1cc([N+](=O)[O-])cc(C(F)(F)F)c1. The minimum atomic E-state index is -4.86. The van der Waals surface area contributed by atoms with E-state index in [1.54, 1.807) is 26.1 Å². The molecule has 15 nitrogen and oxygen atoms in total. The van der Waals surface area contributed by atoms with Crippen molar-refractivity contribution in [2.75, 3.05) is 5.73 Å². The van der Waals surface area contributed by atoms with Gasteiger partial charge in [-0.15, -0.1) is 24.0 Å². The monoisotopic (exact) mass is 1100 g/mol. The van der Waals surface area contributed by atoms with Gasteiger partial charge >= 0.3 is 24.7 Å². The maximum Gasteiger partial charge on any atom is 0.416 e. The summed E-state index contributed by atoms with van der Waals surface area (Å²) in [6.45, 7) is 5.43. The molecule has 3 heterocycles. The maximum atomic E-state index is 12.7. The van der Waals surface area contributed by atoms with Crippen molar-refractivity contribution in [2.45, 2.75) is 51.9 Å². The van der Waals surface area contributed by atoms with Crippen molar-refractivity contribution in [3.05, 3.63) is 186 Å². The Bertz CT molecular complexity index is 2740. The topological polar surface area (TPSA) is 203 Å². The van der Waals surface area contributed by atoms with Gasteiger partial charge < -0.3 is 14.9 Å². The van der Waals surface area contributed by atoms with Crippen LogP contribution in [-0.4, -0.2) is 40.1 Å². The molecule has 7 rings (SSSR count). The van der Waals surface area contributed by atoms with E-state index in [2.05, 4.69) is 21.0 Å². The number of anilines is 1. The highest BCUT2D eigenvalue weighted by Gasteiger charge is 2.35. The summed E-state index contributed by atoms with van der Waals surface area (Å²) in [5, 5.41) is 31.2. The molecule has 1 aliphatic heterocycles. The lowest BCUT2D eigenvalue weighted by atomic mass is 10.1. The van der Waals surface area contributed by atoms with Gasteiger partial charge in [0.25, 0.3) is 17.1 Å². The number of allylic oxidation sites excluding steroid dienone is 2. The van der Waals surface area contributed by atoms with Crippen molar-refractivity contribution >= 4 is 52.9 Å². The van der Waals surface area contributed by atoms with Crippen LogP contribution in [0.25, 0.3) is 11.4 Å². The number of aromatic nitrogens is 4. The largest absolute Gasteiger partial charge is 0.416 e. The van der Waals surface area contributed by atoms with Gasteiger partial charge in [-0.1, -0.05) is 36.4 Å². The molecule has 2 N–H and O–H groups in total. The van der Waals surface area contributed by atoms with E-state index in [4.69, 9.17) is 5.73 Å². The molecular weight excluding hydrogens is 1070 g/mol. The Labute approximate surface area is 398 Å². The third-order valence-electron chi connectivity index (χ3n) is 8.29. The number of benzene rings is 4. The number of hydrogen-bond acceptors (Lipinski definition) is 10. The molecule has 69 heavy (non-hydrogen) atoms. The zero-order valence-corrected chi connectivity index (χ0v) is 37.6. The zero-order valence-electron chi connectivity index (χ0n) is 35.3. The standard InChI is InChI=1S/C11H8F3N3O2.C11H10F3N3.C7H3F3N2O4.C7H5F3.C5H7N.HI/c1-7-5-16(6-15-7)9-2-8(11(12,13)14)3-10(4-9)17(18)19;1-7-5-17(6-16-7)10-3-8(11(12,13)14)2-9(15)4-10;8-7(9,10)4-1-5(11(13)14)3-6(2-4)12(15)16;8-7(9,10)6-4-2-1-3-5-6;1-5-3-2-4-6-5;/h2-6H,1H3;2-6H,15H2,1H3;1-3H;1-5H;3-4H,2H2,1H3;1H. The fraction of sp³-hybridized carbons (Fsp3) is 0.195. The summed E-state index contributed by atoms with van der Waals surface area (Å²) in [7, 11) is 0. The minimum absolute atomic E-state index is 0. The highest BCUT2D eigenvalue weighted by molar-refractivity contribution is 14.0. The normalized spacial score (nSPS) is 12.0. The van der Waals surface area contributed by atoms with Crippen molar-refractivity contribution in [3.8, 4) is 11.4 Å². The van der Waals surface area contributed by atoms with Crippen LogP contribution >= 0.6 is 24.0 Å². The van der Waals surface area contributed by atoms with E-state index in [0.717, 1.165) is 54.2 Å². The van der Waals surface area contributed by atoms with E-state index in [1.807, 2.05) is 13.1 Å². The van der Waals surface area contributed by atoms with E-state index in [-0.39, 0.29) is 47.5 Å². The second-order valence-corrected chi connectivity index (χ2v) is 13.7. The molecule has 0 fully saturated rings. The van der Waals surface area contributed by atoms with Gasteiger partial charge in [-0.3, -0.25) is 35.3 Å². The molecule has 0 unspecified atom stereocenters. The molecule has 0 saturated carbocycles. The van der Waals surface area contributed by atoms with Crippen molar-refractivity contribution in [3.63, 3.8) is 0 Å². The van der Waals surface area contributed by atoms with Gasteiger partial charge in [-0.2, -0.15) is 52.7 Å². The summed E-state index contributed by atoms with van der Waals surface area (Å²) in [5.41, 5.74) is 1.98. The van der Waals surface area contributed by atoms with Crippen LogP contribution in [0.1, 0.15) is 47.0 Å². The number of nitrogens with zero attached hydrogens (tertiary/aromatic N) is 8. The number of nitrogens with two attached hydrogens (primary N) is 1. The van der Waals surface area contributed by atoms with Crippen molar-refractivity contribution in [1.82, 2.24) is 19.1 Å². The van der Waals surface area contributed by atoms with E-state index in [1.165, 1.54) is 46.2 Å². The molecule has 0 atom stereocenters. The van der Waals surface area contributed by atoms with Crippen molar-refractivity contribution < 1.29 is 67.5 Å². The molecule has 2 aromatic heterocycles. The van der Waals surface area contributed by atoms with Gasteiger partial charge in [-0.05, 0) is 45.0 Å². The van der Waals surface area contributed by atoms with Crippen LogP contribution in [0.5, 0.6) is 0 Å². The van der Waals surface area contributed by atoms with Gasteiger partial charge in [0.2, 0.25) is 0 Å². The fourth-order valence-electron chi connectivity index (χ4n) is 5.15. The van der Waals surface area contributed by atoms with Crippen LogP contribution in [-0.2, 0) is 24.7 Å². The molecule has 6 aromatic rings. The summed E-state index contributed by atoms with van der Waals surface area (Å²) in [5.74, 6) is 0. The summed E-state index contributed by atoms with van der Waals surface area (Å²) in [6.07, 6.45) is -7.21. The van der Waals surface area contributed by atoms with Crippen LogP contribution in [0, 0.1) is 44.2 Å². The third-order valence-corrected chi connectivity index (χ3v) is 8.29. The number of aliphatic imine (C=N–C) groups is 1. The van der Waals surface area contributed by atoms with Crippen LogP contribution in [0.15, 0.2) is 127 Å². The van der Waals surface area contributed by atoms with Crippen molar-refractivity contribution in [2.24, 2.45) is 4.99 Å². The molecule has 0 aliphatic carbocycles. The smallest absolute Gasteiger partial charge is 0.399 e. The molecule has 1 aliphatic rings. The number of aryl methyl sites for hydroxylation is 2. The Morgan fingerprint density at radius 2 is 0.913 bits per heavy atom. The van der Waals surface area contributed by atoms with Crippen LogP contribution < -0.4 is 5.73 Å².